The molecule has 0 spiro atoms. The molecule has 0 bridgehead atoms. The highest BCUT2D eigenvalue weighted by Crippen LogP contribution is 2.35. The Kier molecular flexibility index (Phi) is 19.1. The summed E-state index contributed by atoms with van der Waals surface area (Å²) in [5.74, 6) is 7.08. The number of aryl methyl sites for hydroxylation is 1. The third kappa shape index (κ3) is 15.1. The molecule has 2 heterocycles. The Morgan fingerprint density at radius 1 is 0.971 bits per heavy atom. The minimum absolute atomic E-state index is 0.147. The number of benzene rings is 3. The molecule has 1 fully saturated rings. The summed E-state index contributed by atoms with van der Waals surface area (Å²) in [7, 11) is 0.368. The first kappa shape index (κ1) is 51.2. The summed E-state index contributed by atoms with van der Waals surface area (Å²) in [5.41, 5.74) is 6.79. The van der Waals surface area contributed by atoms with Crippen LogP contribution in [0.25, 0.3) is 11.1 Å². The Morgan fingerprint density at radius 2 is 1.77 bits per heavy atom. The number of carbonyl (C=O) groups excluding carboxylic acids is 1. The van der Waals surface area contributed by atoms with Gasteiger partial charge < -0.3 is 39.9 Å². The maximum Gasteiger partial charge on any atom is 0.293 e. The molecule has 13 nitrogen and oxygen atoms in total. The Morgan fingerprint density at radius 3 is 2.51 bits per heavy atom. The molecule has 3 aliphatic rings. The summed E-state index contributed by atoms with van der Waals surface area (Å²) in [4.78, 5) is 32.0. The van der Waals surface area contributed by atoms with Gasteiger partial charge >= 0.3 is 0 Å². The summed E-state index contributed by atoms with van der Waals surface area (Å²) in [6.45, 7) is 6.03. The van der Waals surface area contributed by atoms with Crippen LogP contribution in [0.2, 0.25) is 0 Å². The fourth-order valence-corrected chi connectivity index (χ4v) is 10.0. The van der Waals surface area contributed by atoms with Gasteiger partial charge in [-0.05, 0) is 124 Å². The Hall–Kier alpha value is -5.70. The number of hydrogen-bond donors (Lipinski definition) is 5. The van der Waals surface area contributed by atoms with E-state index in [0.29, 0.717) is 49.6 Å². The van der Waals surface area contributed by atoms with Crippen LogP contribution in [-0.4, -0.2) is 111 Å². The first-order chi connectivity index (χ1) is 33.5. The summed E-state index contributed by atoms with van der Waals surface area (Å²) in [5, 5.41) is 39.1. The molecule has 1 saturated heterocycles. The lowest BCUT2D eigenvalue weighted by Gasteiger charge is -2.32. The molecule has 7 rings (SSSR count). The number of nitrogens with one attached hydrogen (secondary N) is 3. The zero-order chi connectivity index (χ0) is 48.5. The van der Waals surface area contributed by atoms with E-state index >= 15 is 0 Å². The van der Waals surface area contributed by atoms with Gasteiger partial charge in [0.1, 0.15) is 11.4 Å². The number of piperazine rings is 1. The van der Waals surface area contributed by atoms with Crippen molar-refractivity contribution in [1.82, 2.24) is 24.4 Å². The molecule has 2 aliphatic carbocycles. The fraction of sp³-hybridized carbons (Fsp3) is 0.340. The number of aromatic nitrogens is 1. The van der Waals surface area contributed by atoms with Crippen molar-refractivity contribution in [2.24, 2.45) is 0 Å². The first-order valence-electron chi connectivity index (χ1n) is 23.4. The second-order valence-electron chi connectivity index (χ2n) is 17.2. The Balaban J connectivity index is 1.05. The highest BCUT2D eigenvalue weighted by molar-refractivity contribution is 7.99. The minimum atomic E-state index is -1.77. The highest BCUT2D eigenvalue weighted by Gasteiger charge is 2.25. The van der Waals surface area contributed by atoms with Crippen LogP contribution in [0.4, 0.5) is 11.4 Å². The van der Waals surface area contributed by atoms with Crippen LogP contribution in [-0.2, 0) is 24.0 Å². The Labute approximate surface area is 416 Å². The van der Waals surface area contributed by atoms with Crippen molar-refractivity contribution in [3.8, 4) is 23.0 Å². The number of nitro groups is 1. The molecule has 1 aromatic heterocycles. The quantitative estimate of drug-likeness (QED) is 0.0181. The lowest BCUT2D eigenvalue weighted by atomic mass is 9.93. The molecule has 1 amide bonds. The number of thioether (sulfide) groups is 1. The van der Waals surface area contributed by atoms with Crippen molar-refractivity contribution in [3.05, 3.63) is 164 Å². The largest absolute Gasteiger partial charge is 0.394 e. The number of nitro benzene ring substituents is 1. The number of halogens is 1. The van der Waals surface area contributed by atoms with Crippen LogP contribution in [0.1, 0.15) is 53.7 Å². The van der Waals surface area contributed by atoms with E-state index in [2.05, 4.69) is 50.1 Å². The van der Waals surface area contributed by atoms with Crippen molar-refractivity contribution in [3.63, 3.8) is 0 Å². The predicted molar refractivity (Wildman–Crippen MR) is 279 cm³/mol. The normalized spacial score (nSPS) is 16.2. The van der Waals surface area contributed by atoms with E-state index in [1.807, 2.05) is 89.7 Å². The van der Waals surface area contributed by atoms with Gasteiger partial charge in [-0.3, -0.25) is 14.9 Å². The third-order valence-electron chi connectivity index (χ3n) is 12.1. The molecule has 16 heteroatoms. The van der Waals surface area contributed by atoms with Crippen molar-refractivity contribution in [1.29, 1.82) is 0 Å². The number of nitrogens with zero attached hydrogens (tertiary/aromatic N) is 4. The number of rotatable bonds is 21. The number of anilines is 1. The molecule has 362 valence electrons. The minimum Gasteiger partial charge on any atom is -0.394 e. The average Bonchev–Trinajstić information content (AvgIpc) is 3.57. The molecule has 2 atom stereocenters. The van der Waals surface area contributed by atoms with Crippen molar-refractivity contribution in [2.75, 3.05) is 70.5 Å². The fourth-order valence-electron chi connectivity index (χ4n) is 8.20. The predicted octanol–water partition coefficient (Wildman–Crippen LogP) is 8.20. The highest BCUT2D eigenvalue weighted by atomic mass is 35.5. The number of likely N-dealkylation sites (N-methyl/N-ethyl adjacent to an activating group) is 1. The lowest BCUT2D eigenvalue weighted by molar-refractivity contribution is -0.384. The van der Waals surface area contributed by atoms with Gasteiger partial charge in [0.25, 0.3) is 11.6 Å². The second-order valence-corrected chi connectivity index (χ2v) is 20.1. The molecule has 4 aromatic rings. The van der Waals surface area contributed by atoms with E-state index in [0.717, 1.165) is 95.5 Å². The van der Waals surface area contributed by atoms with Crippen LogP contribution in [0, 0.1) is 22.0 Å². The smallest absolute Gasteiger partial charge is 0.293 e. The van der Waals surface area contributed by atoms with E-state index in [9.17, 15) is 29.3 Å². The molecule has 1 aliphatic heterocycles. The average molecular weight is 991 g/mol. The van der Waals surface area contributed by atoms with Gasteiger partial charge in [0.05, 0.1) is 22.5 Å². The van der Waals surface area contributed by atoms with Crippen LogP contribution in [0.5, 0.6) is 0 Å². The lowest BCUT2D eigenvalue weighted by Crippen LogP contribution is -2.45. The first-order valence-corrected chi connectivity index (χ1v) is 25.9. The SMILES string of the molecule is CN1CCN(CCCNC(=O)c2c(-c3ccc(C#CC4=CC=C(NS(=O)c5ccc(NCCSc6ccccc6)c([N+](=O)[O-])c5)C=CC4)cc3)c(CC3=CC=C(Cl)CC3)cn2CCC(O)CO)CC1. The van der Waals surface area contributed by atoms with Crippen LogP contribution >= 0.6 is 23.4 Å². The standard InChI is InChI=1S/C53H60ClN7O6S2/c1-58-30-32-59(33-31-58)28-6-26-56-53(64)52-51(43(35-41-15-20-44(54)21-16-41)37-60(52)29-25-46(63)38-62)42-18-13-40(14-19-42)12-11-39-7-5-8-45(22-17-39)57-69(67)48-23-24-49(50(36-48)61(65)66)55-27-34-68-47-9-3-2-4-10-47/h2-5,8-10,13-15,17-20,22-24,36-37,46,55,57,62-63H,6-7,16,21,25-35,38H2,1H3,(H,56,64). The summed E-state index contributed by atoms with van der Waals surface area (Å²) >= 11 is 7.98. The van der Waals surface area contributed by atoms with E-state index in [1.165, 1.54) is 11.6 Å². The molecular weight excluding hydrogens is 930 g/mol. The maximum absolute atomic E-state index is 14.3. The van der Waals surface area contributed by atoms with E-state index in [-0.39, 0.29) is 29.5 Å². The van der Waals surface area contributed by atoms with Crippen molar-refractivity contribution in [2.45, 2.75) is 61.0 Å². The van der Waals surface area contributed by atoms with E-state index in [1.54, 1.807) is 30.0 Å². The molecule has 0 saturated carbocycles. The third-order valence-corrected chi connectivity index (χ3v) is 14.5. The van der Waals surface area contributed by atoms with Gasteiger partial charge in [-0.15, -0.1) is 11.8 Å². The molecule has 5 N–H and O–H groups in total. The number of amides is 1. The second kappa shape index (κ2) is 25.8. The summed E-state index contributed by atoms with van der Waals surface area (Å²) in [6.07, 6.45) is 16.3. The molecular formula is C53H60ClN7O6S2. The Bertz CT molecular complexity index is 2680. The van der Waals surface area contributed by atoms with Crippen LogP contribution in [0.15, 0.2) is 147 Å². The molecule has 2 unspecified atom stereocenters. The van der Waals surface area contributed by atoms with Crippen molar-refractivity contribution >= 4 is 51.6 Å². The van der Waals surface area contributed by atoms with Crippen LogP contribution < -0.4 is 15.4 Å². The van der Waals surface area contributed by atoms with Gasteiger partial charge in [0, 0.05) is 96.2 Å². The van der Waals surface area contributed by atoms with Gasteiger partial charge in [0.15, 0.2) is 11.0 Å². The van der Waals surface area contributed by atoms with Gasteiger partial charge in [-0.25, -0.2) is 4.21 Å². The van der Waals surface area contributed by atoms with E-state index in [4.69, 9.17) is 11.6 Å². The zero-order valence-corrected chi connectivity index (χ0v) is 41.3. The molecule has 3 aromatic carbocycles. The summed E-state index contributed by atoms with van der Waals surface area (Å²) in [6, 6.07) is 22.4. The zero-order valence-electron chi connectivity index (χ0n) is 38.9. The summed E-state index contributed by atoms with van der Waals surface area (Å²) < 4.78 is 18.3. The van der Waals surface area contributed by atoms with Gasteiger partial charge in [-0.1, -0.05) is 71.5 Å². The monoisotopic (exact) mass is 989 g/mol. The topological polar surface area (TPSA) is 165 Å². The van der Waals surface area contributed by atoms with Crippen LogP contribution in [0.3, 0.4) is 0 Å². The number of hydrogen-bond acceptors (Lipinski definition) is 10. The van der Waals surface area contributed by atoms with Gasteiger partial charge in [-0.2, -0.15) is 0 Å². The number of carbonyl (C=O) groups is 1. The number of allylic oxidation sites excluding steroid dienone is 9. The number of aliphatic hydroxyl groups is 2. The maximum atomic E-state index is 14.3. The van der Waals surface area contributed by atoms with Crippen molar-refractivity contribution < 1.29 is 24.1 Å². The number of aliphatic hydroxyl groups excluding tert-OH is 2. The molecule has 69 heavy (non-hydrogen) atoms. The molecule has 0 radical (unpaired) electrons. The van der Waals surface area contributed by atoms with Gasteiger partial charge in [0.2, 0.25) is 0 Å². The van der Waals surface area contributed by atoms with E-state index < -0.39 is 22.0 Å².